The molecule has 21 heavy (non-hydrogen) atoms. The number of rotatable bonds is 6. The van der Waals surface area contributed by atoms with Crippen molar-refractivity contribution in [3.05, 3.63) is 41.1 Å². The van der Waals surface area contributed by atoms with Crippen LogP contribution in [0.2, 0.25) is 0 Å². The van der Waals surface area contributed by atoms with Crippen LogP contribution in [0.1, 0.15) is 36.7 Å². The normalized spacial score (nSPS) is 10.7. The molecule has 0 aliphatic carbocycles. The average Bonchev–Trinajstić information content (AvgIpc) is 2.85. The minimum absolute atomic E-state index is 0.0135. The topological polar surface area (TPSA) is 51.3 Å². The first-order valence-corrected chi connectivity index (χ1v) is 6.93. The van der Waals surface area contributed by atoms with Crippen molar-refractivity contribution in [2.75, 3.05) is 13.9 Å². The molecular weight excluding hydrogens is 266 g/mol. The smallest absolute Gasteiger partial charge is 0.188 e. The lowest BCUT2D eigenvalue weighted by atomic mass is 10.0. The SMILES string of the molecule is COCOc1cc(C(C)=O)cc2[nH]cc(CC=C(C)C)c12. The van der Waals surface area contributed by atoms with Crippen LogP contribution >= 0.6 is 0 Å². The first-order chi connectivity index (χ1) is 10.0. The number of ketones is 1. The molecule has 0 atom stereocenters. The van der Waals surface area contributed by atoms with Crippen molar-refractivity contribution in [1.29, 1.82) is 0 Å². The summed E-state index contributed by atoms with van der Waals surface area (Å²) in [5.41, 5.74) is 3.95. The summed E-state index contributed by atoms with van der Waals surface area (Å²) in [4.78, 5) is 14.8. The van der Waals surface area contributed by atoms with Gasteiger partial charge in [-0.2, -0.15) is 0 Å². The quantitative estimate of drug-likeness (QED) is 0.498. The van der Waals surface area contributed by atoms with Gasteiger partial charge in [0.15, 0.2) is 12.6 Å². The van der Waals surface area contributed by atoms with Crippen molar-refractivity contribution >= 4 is 16.7 Å². The molecule has 0 saturated carbocycles. The standard InChI is InChI=1S/C17H21NO3/c1-11(2)5-6-13-9-18-15-7-14(12(3)19)8-16(17(13)15)21-10-20-4/h5,7-9,18H,6,10H2,1-4H3. The summed E-state index contributed by atoms with van der Waals surface area (Å²) in [5.74, 6) is 0.692. The zero-order valence-electron chi connectivity index (χ0n) is 12.9. The number of benzene rings is 1. The van der Waals surface area contributed by atoms with Gasteiger partial charge in [-0.3, -0.25) is 4.79 Å². The van der Waals surface area contributed by atoms with Gasteiger partial charge in [-0.1, -0.05) is 11.6 Å². The summed E-state index contributed by atoms with van der Waals surface area (Å²) in [6.07, 6.45) is 4.96. The molecule has 0 saturated heterocycles. The van der Waals surface area contributed by atoms with Gasteiger partial charge in [0.1, 0.15) is 5.75 Å². The highest BCUT2D eigenvalue weighted by Crippen LogP contribution is 2.31. The van der Waals surface area contributed by atoms with Crippen LogP contribution in [0.3, 0.4) is 0 Å². The molecular formula is C17H21NO3. The number of aromatic nitrogens is 1. The Kier molecular flexibility index (Phi) is 4.81. The van der Waals surface area contributed by atoms with Crippen LogP contribution in [0, 0.1) is 0 Å². The molecule has 1 N–H and O–H groups in total. The zero-order valence-corrected chi connectivity index (χ0v) is 12.9. The van der Waals surface area contributed by atoms with Gasteiger partial charge in [-0.05, 0) is 44.9 Å². The Labute approximate surface area is 124 Å². The Morgan fingerprint density at radius 3 is 2.67 bits per heavy atom. The molecule has 1 aromatic heterocycles. The lowest BCUT2D eigenvalue weighted by Gasteiger charge is -2.09. The summed E-state index contributed by atoms with van der Waals surface area (Å²) in [7, 11) is 1.58. The molecule has 2 aromatic rings. The number of Topliss-reactive ketones (excluding diaryl/α,β-unsaturated/α-hetero) is 1. The highest BCUT2D eigenvalue weighted by Gasteiger charge is 2.13. The molecule has 4 nitrogen and oxygen atoms in total. The number of carbonyl (C=O) groups excluding carboxylic acids is 1. The first-order valence-electron chi connectivity index (χ1n) is 6.93. The molecule has 0 radical (unpaired) electrons. The molecule has 0 aliphatic rings. The van der Waals surface area contributed by atoms with E-state index in [-0.39, 0.29) is 12.6 Å². The third kappa shape index (κ3) is 3.52. The molecule has 0 spiro atoms. The van der Waals surface area contributed by atoms with E-state index in [0.29, 0.717) is 11.3 Å². The number of nitrogens with one attached hydrogen (secondary N) is 1. The van der Waals surface area contributed by atoms with Gasteiger partial charge < -0.3 is 14.5 Å². The van der Waals surface area contributed by atoms with Crippen LogP contribution in [0.15, 0.2) is 30.0 Å². The Hall–Kier alpha value is -2.07. The highest BCUT2D eigenvalue weighted by atomic mass is 16.7. The molecule has 0 amide bonds. The van der Waals surface area contributed by atoms with Crippen molar-refractivity contribution < 1.29 is 14.3 Å². The van der Waals surface area contributed by atoms with Gasteiger partial charge >= 0.3 is 0 Å². The monoisotopic (exact) mass is 287 g/mol. The van der Waals surface area contributed by atoms with Crippen LogP contribution in [0.4, 0.5) is 0 Å². The van der Waals surface area contributed by atoms with E-state index < -0.39 is 0 Å². The second-order valence-electron chi connectivity index (χ2n) is 5.30. The average molecular weight is 287 g/mol. The van der Waals surface area contributed by atoms with Crippen LogP contribution in [-0.2, 0) is 11.2 Å². The molecule has 0 aliphatic heterocycles. The Balaban J connectivity index is 2.53. The van der Waals surface area contributed by atoms with Gasteiger partial charge in [-0.15, -0.1) is 0 Å². The van der Waals surface area contributed by atoms with Crippen molar-refractivity contribution in [2.24, 2.45) is 0 Å². The molecule has 0 fully saturated rings. The highest BCUT2D eigenvalue weighted by molar-refractivity contribution is 6.01. The maximum atomic E-state index is 11.6. The fraction of sp³-hybridized carbons (Fsp3) is 0.353. The van der Waals surface area contributed by atoms with E-state index in [1.54, 1.807) is 20.1 Å². The number of ether oxygens (including phenoxy) is 2. The minimum Gasteiger partial charge on any atom is -0.467 e. The van der Waals surface area contributed by atoms with Crippen LogP contribution < -0.4 is 4.74 Å². The van der Waals surface area contributed by atoms with E-state index in [4.69, 9.17) is 9.47 Å². The second kappa shape index (κ2) is 6.59. The van der Waals surface area contributed by atoms with E-state index in [1.165, 1.54) is 5.57 Å². The number of fused-ring (bicyclic) bond motifs is 1. The summed E-state index contributed by atoms with van der Waals surface area (Å²) >= 11 is 0. The van der Waals surface area contributed by atoms with Gasteiger partial charge in [0.05, 0.1) is 5.52 Å². The summed E-state index contributed by atoms with van der Waals surface area (Å²) in [6, 6.07) is 3.65. The molecule has 112 valence electrons. The second-order valence-corrected chi connectivity index (χ2v) is 5.30. The van der Waals surface area contributed by atoms with E-state index in [0.717, 1.165) is 22.9 Å². The number of allylic oxidation sites excluding steroid dienone is 2. The minimum atomic E-state index is 0.0135. The van der Waals surface area contributed by atoms with E-state index in [9.17, 15) is 4.79 Å². The molecule has 2 rings (SSSR count). The lowest BCUT2D eigenvalue weighted by molar-refractivity contribution is 0.0521. The summed E-state index contributed by atoms with van der Waals surface area (Å²) in [5, 5.41) is 1.01. The van der Waals surface area contributed by atoms with Crippen LogP contribution in [-0.4, -0.2) is 24.7 Å². The fourth-order valence-corrected chi connectivity index (χ4v) is 2.21. The number of H-pyrrole nitrogens is 1. The van der Waals surface area contributed by atoms with Crippen molar-refractivity contribution in [3.8, 4) is 5.75 Å². The van der Waals surface area contributed by atoms with Crippen LogP contribution in [0.5, 0.6) is 5.75 Å². The van der Waals surface area contributed by atoms with Gasteiger partial charge in [0.2, 0.25) is 0 Å². The van der Waals surface area contributed by atoms with Crippen molar-refractivity contribution in [1.82, 2.24) is 4.98 Å². The van der Waals surface area contributed by atoms with Gasteiger partial charge in [0.25, 0.3) is 0 Å². The maximum Gasteiger partial charge on any atom is 0.188 e. The largest absolute Gasteiger partial charge is 0.467 e. The number of hydrogen-bond acceptors (Lipinski definition) is 3. The van der Waals surface area contributed by atoms with Gasteiger partial charge in [-0.25, -0.2) is 0 Å². The molecule has 0 unspecified atom stereocenters. The maximum absolute atomic E-state index is 11.6. The first kappa shape index (κ1) is 15.3. The van der Waals surface area contributed by atoms with Crippen molar-refractivity contribution in [2.45, 2.75) is 27.2 Å². The van der Waals surface area contributed by atoms with E-state index in [2.05, 4.69) is 24.9 Å². The number of methoxy groups -OCH3 is 1. The third-order valence-electron chi connectivity index (χ3n) is 3.29. The Bertz CT molecular complexity index is 679. The summed E-state index contributed by atoms with van der Waals surface area (Å²) in [6.45, 7) is 5.86. The van der Waals surface area contributed by atoms with Gasteiger partial charge in [0, 0.05) is 24.3 Å². The van der Waals surface area contributed by atoms with Crippen molar-refractivity contribution in [3.63, 3.8) is 0 Å². The predicted octanol–water partition coefficient (Wildman–Crippen LogP) is 3.86. The Morgan fingerprint density at radius 2 is 2.05 bits per heavy atom. The molecule has 1 aromatic carbocycles. The van der Waals surface area contributed by atoms with E-state index >= 15 is 0 Å². The molecule has 4 heteroatoms. The summed E-state index contributed by atoms with van der Waals surface area (Å²) < 4.78 is 10.6. The third-order valence-corrected chi connectivity index (χ3v) is 3.29. The zero-order chi connectivity index (χ0) is 15.4. The van der Waals surface area contributed by atoms with Crippen LogP contribution in [0.25, 0.3) is 10.9 Å². The molecule has 0 bridgehead atoms. The fourth-order valence-electron chi connectivity index (χ4n) is 2.21. The number of hydrogen-bond donors (Lipinski definition) is 1. The Morgan fingerprint density at radius 1 is 1.29 bits per heavy atom. The molecule has 1 heterocycles. The number of carbonyl (C=O) groups is 1. The lowest BCUT2D eigenvalue weighted by Crippen LogP contribution is -2.01. The van der Waals surface area contributed by atoms with E-state index in [1.807, 2.05) is 12.3 Å². The predicted molar refractivity (Wildman–Crippen MR) is 83.9 cm³/mol. The number of aromatic amines is 1.